The van der Waals surface area contributed by atoms with Gasteiger partial charge < -0.3 is 4.74 Å². The molecule has 0 N–H and O–H groups in total. The lowest BCUT2D eigenvalue weighted by Crippen LogP contribution is -2.35. The monoisotopic (exact) mass is 402 g/mol. The highest BCUT2D eigenvalue weighted by Crippen LogP contribution is 2.36. The van der Waals surface area contributed by atoms with E-state index in [0.717, 1.165) is 11.3 Å². The first-order valence-electron chi connectivity index (χ1n) is 7.78. The summed E-state index contributed by atoms with van der Waals surface area (Å²) in [7, 11) is 0. The van der Waals surface area contributed by atoms with Gasteiger partial charge in [0.1, 0.15) is 17.2 Å². The maximum absolute atomic E-state index is 13.3. The van der Waals surface area contributed by atoms with Crippen LogP contribution in [0, 0.1) is 17.1 Å². The number of hydrogen-bond acceptors (Lipinski definition) is 5. The number of nitrogens with zero attached hydrogens (tertiary/aromatic N) is 2. The summed E-state index contributed by atoms with van der Waals surface area (Å²) in [5.41, 5.74) is 0.524. The van der Waals surface area contributed by atoms with Crippen molar-refractivity contribution in [3.8, 4) is 6.07 Å². The number of nitriles is 1. The Hall–Kier alpha value is -2.95. The maximum atomic E-state index is 13.3. The molecule has 0 unspecified atom stereocenters. The second kappa shape index (κ2) is 8.16. The van der Waals surface area contributed by atoms with Crippen molar-refractivity contribution in [3.05, 3.63) is 64.2 Å². The molecule has 1 amide bonds. The van der Waals surface area contributed by atoms with Gasteiger partial charge in [-0.1, -0.05) is 29.8 Å². The van der Waals surface area contributed by atoms with E-state index in [1.165, 1.54) is 23.1 Å². The molecular formula is C19H12ClFN2O3S. The van der Waals surface area contributed by atoms with Crippen LogP contribution in [0.5, 0.6) is 0 Å². The van der Waals surface area contributed by atoms with Gasteiger partial charge in [-0.05, 0) is 30.3 Å². The number of halogens is 2. The summed E-state index contributed by atoms with van der Waals surface area (Å²) in [5.74, 6) is -1.76. The summed E-state index contributed by atoms with van der Waals surface area (Å²) in [4.78, 5) is 26.0. The topological polar surface area (TPSA) is 70.4 Å². The third kappa shape index (κ3) is 4.08. The van der Waals surface area contributed by atoms with Crippen molar-refractivity contribution >= 4 is 50.6 Å². The first-order valence-corrected chi connectivity index (χ1v) is 8.97. The van der Waals surface area contributed by atoms with Gasteiger partial charge in [0.05, 0.1) is 11.1 Å². The van der Waals surface area contributed by atoms with Gasteiger partial charge in [0, 0.05) is 15.8 Å². The first-order chi connectivity index (χ1) is 13.0. The van der Waals surface area contributed by atoms with Gasteiger partial charge in [0.2, 0.25) is 0 Å². The number of fused-ring (bicyclic) bond motifs is 1. The Morgan fingerprint density at radius 3 is 2.67 bits per heavy atom. The maximum Gasteiger partial charge on any atom is 0.350 e. The molecule has 0 aliphatic carbocycles. The van der Waals surface area contributed by atoms with Gasteiger partial charge in [0.15, 0.2) is 6.61 Å². The molecule has 0 atom stereocenters. The van der Waals surface area contributed by atoms with Crippen molar-refractivity contribution in [2.75, 3.05) is 18.1 Å². The average Bonchev–Trinajstić information content (AvgIpc) is 3.00. The lowest BCUT2D eigenvalue weighted by atomic mass is 10.2. The molecule has 0 bridgehead atoms. The first kappa shape index (κ1) is 18.8. The summed E-state index contributed by atoms with van der Waals surface area (Å²) >= 11 is 7.17. The Labute approximate surface area is 163 Å². The van der Waals surface area contributed by atoms with Crippen molar-refractivity contribution in [2.24, 2.45) is 0 Å². The fourth-order valence-electron chi connectivity index (χ4n) is 2.44. The largest absolute Gasteiger partial charge is 0.451 e. The van der Waals surface area contributed by atoms with Gasteiger partial charge >= 0.3 is 5.97 Å². The van der Waals surface area contributed by atoms with Crippen LogP contribution in [-0.2, 0) is 9.53 Å². The standard InChI is InChI=1S/C19H12ClFN2O3S/c20-17-14-7-6-12(21)10-15(14)27-18(17)19(25)26-11-16(24)23(9-8-22)13-4-2-1-3-5-13/h1-7,10H,9,11H2. The summed E-state index contributed by atoms with van der Waals surface area (Å²) in [6, 6.07) is 14.5. The number of esters is 1. The minimum Gasteiger partial charge on any atom is -0.451 e. The summed E-state index contributed by atoms with van der Waals surface area (Å²) < 4.78 is 18.9. The van der Waals surface area contributed by atoms with Crippen LogP contribution < -0.4 is 4.90 Å². The number of rotatable bonds is 5. The third-order valence-electron chi connectivity index (χ3n) is 3.70. The zero-order valence-electron chi connectivity index (χ0n) is 13.8. The van der Waals surface area contributed by atoms with Crippen molar-refractivity contribution in [1.82, 2.24) is 0 Å². The van der Waals surface area contributed by atoms with Crippen LogP contribution in [0.3, 0.4) is 0 Å². The molecule has 5 nitrogen and oxygen atoms in total. The molecular weight excluding hydrogens is 391 g/mol. The number of amides is 1. The number of ether oxygens (including phenoxy) is 1. The number of hydrogen-bond donors (Lipinski definition) is 0. The number of benzene rings is 2. The van der Waals surface area contributed by atoms with Gasteiger partial charge in [-0.25, -0.2) is 9.18 Å². The zero-order chi connectivity index (χ0) is 19.4. The zero-order valence-corrected chi connectivity index (χ0v) is 15.4. The second-order valence-electron chi connectivity index (χ2n) is 5.44. The summed E-state index contributed by atoms with van der Waals surface area (Å²) in [5, 5.41) is 9.64. The van der Waals surface area contributed by atoms with Crippen LogP contribution in [0.4, 0.5) is 10.1 Å². The van der Waals surface area contributed by atoms with E-state index in [-0.39, 0.29) is 16.4 Å². The molecule has 0 saturated heterocycles. The van der Waals surface area contributed by atoms with E-state index in [2.05, 4.69) is 0 Å². The summed E-state index contributed by atoms with van der Waals surface area (Å²) in [6.45, 7) is -0.725. The van der Waals surface area contributed by atoms with Gasteiger partial charge in [-0.2, -0.15) is 5.26 Å². The molecule has 0 spiro atoms. The number of anilines is 1. The molecule has 0 radical (unpaired) electrons. The molecule has 3 rings (SSSR count). The van der Waals surface area contributed by atoms with E-state index in [0.29, 0.717) is 15.8 Å². The molecule has 3 aromatic rings. The van der Waals surface area contributed by atoms with E-state index in [4.69, 9.17) is 21.6 Å². The Morgan fingerprint density at radius 2 is 1.96 bits per heavy atom. The van der Waals surface area contributed by atoms with E-state index in [1.54, 1.807) is 30.3 Å². The van der Waals surface area contributed by atoms with E-state index in [1.807, 2.05) is 6.07 Å². The van der Waals surface area contributed by atoms with Crippen LogP contribution in [0.2, 0.25) is 5.02 Å². The number of carbonyl (C=O) groups excluding carboxylic acids is 2. The van der Waals surface area contributed by atoms with Gasteiger partial charge in [0.25, 0.3) is 5.91 Å². The highest BCUT2D eigenvalue weighted by atomic mass is 35.5. The van der Waals surface area contributed by atoms with Crippen LogP contribution in [0.25, 0.3) is 10.1 Å². The van der Waals surface area contributed by atoms with Crippen molar-refractivity contribution < 1.29 is 18.7 Å². The average molecular weight is 403 g/mol. The predicted octanol–water partition coefficient (Wildman–Crippen LogP) is 4.41. The van der Waals surface area contributed by atoms with Crippen LogP contribution in [-0.4, -0.2) is 25.0 Å². The highest BCUT2D eigenvalue weighted by molar-refractivity contribution is 7.21. The van der Waals surface area contributed by atoms with Gasteiger partial charge in [-0.15, -0.1) is 11.3 Å². The van der Waals surface area contributed by atoms with Crippen molar-refractivity contribution in [1.29, 1.82) is 5.26 Å². The van der Waals surface area contributed by atoms with Crippen LogP contribution in [0.15, 0.2) is 48.5 Å². The molecule has 1 aromatic heterocycles. The molecule has 136 valence electrons. The second-order valence-corrected chi connectivity index (χ2v) is 6.87. The fourth-order valence-corrected chi connectivity index (χ4v) is 3.87. The lowest BCUT2D eigenvalue weighted by Gasteiger charge is -2.19. The Bertz CT molecular complexity index is 1050. The summed E-state index contributed by atoms with van der Waals surface area (Å²) in [6.07, 6.45) is 0. The normalized spacial score (nSPS) is 10.4. The van der Waals surface area contributed by atoms with Crippen LogP contribution in [0.1, 0.15) is 9.67 Å². The molecule has 0 aliphatic heterocycles. The Morgan fingerprint density at radius 1 is 1.22 bits per heavy atom. The molecule has 0 saturated carbocycles. The molecule has 27 heavy (non-hydrogen) atoms. The molecule has 2 aromatic carbocycles. The Balaban J connectivity index is 1.74. The lowest BCUT2D eigenvalue weighted by molar-refractivity contribution is -0.121. The minimum absolute atomic E-state index is 0.0941. The smallest absolute Gasteiger partial charge is 0.350 e. The SMILES string of the molecule is N#CCN(C(=O)COC(=O)c1sc2cc(F)ccc2c1Cl)c1ccccc1. The molecule has 8 heteroatoms. The Kier molecular flexibility index (Phi) is 5.69. The molecule has 1 heterocycles. The molecule has 0 fully saturated rings. The van der Waals surface area contributed by atoms with Crippen LogP contribution >= 0.6 is 22.9 Å². The predicted molar refractivity (Wildman–Crippen MR) is 101 cm³/mol. The minimum atomic E-state index is -0.778. The number of carbonyl (C=O) groups is 2. The highest BCUT2D eigenvalue weighted by Gasteiger charge is 2.22. The van der Waals surface area contributed by atoms with Crippen molar-refractivity contribution in [3.63, 3.8) is 0 Å². The number of para-hydroxylation sites is 1. The van der Waals surface area contributed by atoms with E-state index >= 15 is 0 Å². The molecule has 0 aliphatic rings. The van der Waals surface area contributed by atoms with E-state index < -0.39 is 24.3 Å². The third-order valence-corrected chi connectivity index (χ3v) is 5.34. The van der Waals surface area contributed by atoms with E-state index in [9.17, 15) is 14.0 Å². The fraction of sp³-hybridized carbons (Fsp3) is 0.105. The number of thiophene rings is 1. The van der Waals surface area contributed by atoms with Gasteiger partial charge in [-0.3, -0.25) is 9.69 Å². The van der Waals surface area contributed by atoms with Crippen molar-refractivity contribution in [2.45, 2.75) is 0 Å². The quantitative estimate of drug-likeness (QED) is 0.468.